The number of benzene rings is 1. The van der Waals surface area contributed by atoms with Gasteiger partial charge in [-0.2, -0.15) is 9.61 Å². The van der Waals surface area contributed by atoms with Crippen LogP contribution in [0.5, 0.6) is 0 Å². The molecular formula is C20H22N6O. The lowest BCUT2D eigenvalue weighted by Crippen LogP contribution is -2.45. The van der Waals surface area contributed by atoms with Gasteiger partial charge in [0.1, 0.15) is 6.33 Å². The molecule has 7 nitrogen and oxygen atoms in total. The number of piperidine rings is 1. The van der Waals surface area contributed by atoms with Crippen molar-refractivity contribution in [2.24, 2.45) is 0 Å². The predicted molar refractivity (Wildman–Crippen MR) is 102 cm³/mol. The van der Waals surface area contributed by atoms with Crippen LogP contribution in [0.1, 0.15) is 47.7 Å². The molecule has 1 N–H and O–H groups in total. The molecule has 0 spiro atoms. The van der Waals surface area contributed by atoms with Crippen LogP contribution in [-0.2, 0) is 0 Å². The van der Waals surface area contributed by atoms with Gasteiger partial charge >= 0.3 is 0 Å². The number of carbonyl (C=O) groups excluding carboxylic acids is 1. The summed E-state index contributed by atoms with van der Waals surface area (Å²) in [5, 5.41) is 16.5. The van der Waals surface area contributed by atoms with Gasteiger partial charge in [0.25, 0.3) is 5.91 Å². The lowest BCUT2D eigenvalue weighted by Gasteiger charge is -2.33. The molecule has 1 amide bonds. The summed E-state index contributed by atoms with van der Waals surface area (Å²) in [6, 6.07) is 11.8. The van der Waals surface area contributed by atoms with Gasteiger partial charge in [-0.3, -0.25) is 4.79 Å². The number of nitrogens with zero attached hydrogens (tertiary/aromatic N) is 5. The van der Waals surface area contributed by atoms with E-state index in [9.17, 15) is 4.79 Å². The van der Waals surface area contributed by atoms with E-state index in [1.54, 1.807) is 10.8 Å². The lowest BCUT2D eigenvalue weighted by molar-refractivity contribution is 0.0715. The largest absolute Gasteiger partial charge is 0.377 e. The molecule has 138 valence electrons. The Morgan fingerprint density at radius 1 is 1.15 bits per heavy atom. The van der Waals surface area contributed by atoms with Crippen molar-refractivity contribution in [2.75, 3.05) is 18.4 Å². The number of fused-ring (bicyclic) bond motifs is 1. The van der Waals surface area contributed by atoms with Gasteiger partial charge in [-0.05, 0) is 43.9 Å². The highest BCUT2D eigenvalue weighted by Crippen LogP contribution is 2.40. The number of carbonyl (C=O) groups is 1. The fraction of sp³-hybridized carbons (Fsp3) is 0.400. The fourth-order valence-electron chi connectivity index (χ4n) is 3.79. The smallest absolute Gasteiger partial charge is 0.253 e. The first kappa shape index (κ1) is 16.2. The van der Waals surface area contributed by atoms with Gasteiger partial charge < -0.3 is 10.2 Å². The van der Waals surface area contributed by atoms with Crippen LogP contribution in [0.3, 0.4) is 0 Å². The maximum Gasteiger partial charge on any atom is 0.253 e. The molecule has 2 fully saturated rings. The van der Waals surface area contributed by atoms with Crippen LogP contribution in [0, 0.1) is 0 Å². The van der Waals surface area contributed by atoms with Crippen molar-refractivity contribution in [3.05, 3.63) is 54.0 Å². The molecule has 0 bridgehead atoms. The second-order valence-corrected chi connectivity index (χ2v) is 7.46. The molecule has 0 radical (unpaired) electrons. The summed E-state index contributed by atoms with van der Waals surface area (Å²) in [5.41, 5.74) is 3.55. The van der Waals surface area contributed by atoms with Crippen molar-refractivity contribution >= 4 is 17.2 Å². The van der Waals surface area contributed by atoms with Crippen molar-refractivity contribution in [3.63, 3.8) is 0 Å². The van der Waals surface area contributed by atoms with E-state index in [0.29, 0.717) is 12.5 Å². The summed E-state index contributed by atoms with van der Waals surface area (Å²) in [4.78, 5) is 14.7. The van der Waals surface area contributed by atoms with Gasteiger partial charge in [-0.25, -0.2) is 0 Å². The Labute approximate surface area is 157 Å². The standard InChI is InChI=1S/C20H22N6O/c27-20(15-5-2-1-3-6-15)25-10-4-7-16(12-25)22-18-11-17(14-8-9-14)24-26-13-21-23-19(18)26/h1-3,5-6,11,13-14,16,22H,4,7-10,12H2. The molecular weight excluding hydrogens is 340 g/mol. The SMILES string of the molecule is O=C(c1ccccc1)N1CCCC(Nc2cc(C3CC3)nn3cnnc23)C1. The Morgan fingerprint density at radius 2 is 2.00 bits per heavy atom. The zero-order valence-electron chi connectivity index (χ0n) is 15.1. The van der Waals surface area contributed by atoms with Crippen LogP contribution < -0.4 is 5.32 Å². The summed E-state index contributed by atoms with van der Waals surface area (Å²) in [6.07, 6.45) is 6.06. The third kappa shape index (κ3) is 3.25. The van der Waals surface area contributed by atoms with Crippen molar-refractivity contribution in [3.8, 4) is 0 Å². The molecule has 7 heteroatoms. The molecule has 1 aliphatic heterocycles. The predicted octanol–water partition coefficient (Wildman–Crippen LogP) is 2.72. The molecule has 1 saturated carbocycles. The number of likely N-dealkylation sites (tertiary alicyclic amines) is 1. The zero-order valence-corrected chi connectivity index (χ0v) is 15.1. The molecule has 1 saturated heterocycles. The van der Waals surface area contributed by atoms with Crippen LogP contribution in [-0.4, -0.2) is 49.7 Å². The summed E-state index contributed by atoms with van der Waals surface area (Å²) < 4.78 is 1.76. The van der Waals surface area contributed by atoms with Gasteiger partial charge in [0.05, 0.1) is 11.4 Å². The number of amides is 1. The third-order valence-electron chi connectivity index (χ3n) is 5.37. The summed E-state index contributed by atoms with van der Waals surface area (Å²) in [6.45, 7) is 1.49. The first-order valence-corrected chi connectivity index (χ1v) is 9.60. The maximum atomic E-state index is 12.8. The van der Waals surface area contributed by atoms with Crippen molar-refractivity contribution in [1.82, 2.24) is 24.7 Å². The first-order chi connectivity index (χ1) is 13.3. The molecule has 3 heterocycles. The Balaban J connectivity index is 1.36. The van der Waals surface area contributed by atoms with E-state index in [0.717, 1.165) is 42.0 Å². The zero-order chi connectivity index (χ0) is 18.2. The van der Waals surface area contributed by atoms with E-state index >= 15 is 0 Å². The van der Waals surface area contributed by atoms with Crippen molar-refractivity contribution in [2.45, 2.75) is 37.6 Å². The van der Waals surface area contributed by atoms with E-state index in [4.69, 9.17) is 0 Å². The Kier molecular flexibility index (Phi) is 3.99. The number of rotatable bonds is 4. The molecule has 2 aromatic heterocycles. The number of aromatic nitrogens is 4. The third-order valence-corrected chi connectivity index (χ3v) is 5.37. The highest BCUT2D eigenvalue weighted by atomic mass is 16.2. The molecule has 2 aliphatic rings. The van der Waals surface area contributed by atoms with Crippen LogP contribution >= 0.6 is 0 Å². The van der Waals surface area contributed by atoms with Gasteiger partial charge in [0, 0.05) is 30.6 Å². The number of anilines is 1. The van der Waals surface area contributed by atoms with Crippen LogP contribution in [0.4, 0.5) is 5.69 Å². The Morgan fingerprint density at radius 3 is 2.81 bits per heavy atom. The number of hydrogen-bond acceptors (Lipinski definition) is 5. The fourth-order valence-corrected chi connectivity index (χ4v) is 3.79. The van der Waals surface area contributed by atoms with Gasteiger partial charge in [0.15, 0.2) is 0 Å². The molecule has 27 heavy (non-hydrogen) atoms. The van der Waals surface area contributed by atoms with Gasteiger partial charge in [-0.15, -0.1) is 10.2 Å². The molecule has 3 aromatic rings. The minimum absolute atomic E-state index is 0.100. The van der Waals surface area contributed by atoms with E-state index in [2.05, 4.69) is 26.7 Å². The highest BCUT2D eigenvalue weighted by Gasteiger charge is 2.28. The van der Waals surface area contributed by atoms with Crippen LogP contribution in [0.25, 0.3) is 5.65 Å². The molecule has 5 rings (SSSR count). The maximum absolute atomic E-state index is 12.8. The van der Waals surface area contributed by atoms with Crippen molar-refractivity contribution in [1.29, 1.82) is 0 Å². The Hall–Kier alpha value is -2.96. The van der Waals surface area contributed by atoms with E-state index < -0.39 is 0 Å². The quantitative estimate of drug-likeness (QED) is 0.772. The monoisotopic (exact) mass is 362 g/mol. The average molecular weight is 362 g/mol. The second kappa shape index (κ2) is 6.64. The highest BCUT2D eigenvalue weighted by molar-refractivity contribution is 5.94. The van der Waals surface area contributed by atoms with E-state index in [1.807, 2.05) is 35.2 Å². The van der Waals surface area contributed by atoms with Crippen LogP contribution in [0.15, 0.2) is 42.7 Å². The summed E-state index contributed by atoms with van der Waals surface area (Å²) in [7, 11) is 0. The Bertz CT molecular complexity index is 965. The molecule has 1 unspecified atom stereocenters. The van der Waals surface area contributed by atoms with Gasteiger partial charge in [-0.1, -0.05) is 18.2 Å². The molecule has 1 aromatic carbocycles. The molecule has 1 atom stereocenters. The van der Waals surface area contributed by atoms with Crippen LogP contribution in [0.2, 0.25) is 0 Å². The summed E-state index contributed by atoms with van der Waals surface area (Å²) in [5.74, 6) is 0.656. The minimum Gasteiger partial charge on any atom is -0.377 e. The average Bonchev–Trinajstić information content (AvgIpc) is 3.46. The van der Waals surface area contributed by atoms with E-state index in [-0.39, 0.29) is 11.9 Å². The second-order valence-electron chi connectivity index (χ2n) is 7.46. The normalized spacial score (nSPS) is 20.0. The lowest BCUT2D eigenvalue weighted by atomic mass is 10.0. The van der Waals surface area contributed by atoms with E-state index in [1.165, 1.54) is 12.8 Å². The number of hydrogen-bond donors (Lipinski definition) is 1. The van der Waals surface area contributed by atoms with Gasteiger partial charge in [0.2, 0.25) is 5.65 Å². The topological polar surface area (TPSA) is 75.4 Å². The van der Waals surface area contributed by atoms with Crippen molar-refractivity contribution < 1.29 is 4.79 Å². The minimum atomic E-state index is 0.100. The molecule has 1 aliphatic carbocycles. The number of nitrogens with one attached hydrogen (secondary N) is 1. The first-order valence-electron chi connectivity index (χ1n) is 9.60. The summed E-state index contributed by atoms with van der Waals surface area (Å²) >= 11 is 0.